The lowest BCUT2D eigenvalue weighted by Crippen LogP contribution is -2.14. The molecule has 7 nitrogen and oxygen atoms in total. The standard InChI is InChI=1S/C24H24N4O3/c1-16-13-25-28(14-16)15-21-17(2)31-24(27-21)18-8-10-20(11-9-18)26-23(29)12-19-6-4-5-7-22(19)30-3/h4-11,13-14H,12,15H2,1-3H3,(H,26,29). The molecular weight excluding hydrogens is 392 g/mol. The van der Waals surface area contributed by atoms with Crippen molar-refractivity contribution in [2.45, 2.75) is 26.8 Å². The van der Waals surface area contributed by atoms with Crippen molar-refractivity contribution >= 4 is 11.6 Å². The summed E-state index contributed by atoms with van der Waals surface area (Å²) in [6.45, 7) is 4.45. The Balaban J connectivity index is 1.42. The van der Waals surface area contributed by atoms with Crippen molar-refractivity contribution in [3.05, 3.63) is 83.5 Å². The quantitative estimate of drug-likeness (QED) is 0.483. The lowest BCUT2D eigenvalue weighted by atomic mass is 10.1. The third-order valence-electron chi connectivity index (χ3n) is 4.93. The highest BCUT2D eigenvalue weighted by molar-refractivity contribution is 5.92. The number of hydrogen-bond acceptors (Lipinski definition) is 5. The molecule has 0 bridgehead atoms. The number of rotatable bonds is 7. The second-order valence-corrected chi connectivity index (χ2v) is 7.35. The predicted octanol–water partition coefficient (Wildman–Crippen LogP) is 4.39. The Hall–Kier alpha value is -3.87. The van der Waals surface area contributed by atoms with Crippen LogP contribution in [0.15, 0.2) is 65.3 Å². The van der Waals surface area contributed by atoms with Gasteiger partial charge in [0.1, 0.15) is 17.2 Å². The maximum absolute atomic E-state index is 12.4. The van der Waals surface area contributed by atoms with Gasteiger partial charge in [-0.3, -0.25) is 9.48 Å². The van der Waals surface area contributed by atoms with Crippen molar-refractivity contribution in [2.75, 3.05) is 12.4 Å². The minimum absolute atomic E-state index is 0.110. The molecule has 0 unspecified atom stereocenters. The van der Waals surface area contributed by atoms with Gasteiger partial charge >= 0.3 is 0 Å². The van der Waals surface area contributed by atoms with E-state index < -0.39 is 0 Å². The monoisotopic (exact) mass is 416 g/mol. The number of oxazole rings is 1. The second-order valence-electron chi connectivity index (χ2n) is 7.35. The maximum atomic E-state index is 12.4. The highest BCUT2D eigenvalue weighted by Crippen LogP contribution is 2.24. The topological polar surface area (TPSA) is 82.2 Å². The zero-order valence-electron chi connectivity index (χ0n) is 17.8. The van der Waals surface area contributed by atoms with Crippen molar-refractivity contribution in [2.24, 2.45) is 0 Å². The Morgan fingerprint density at radius 3 is 2.61 bits per heavy atom. The predicted molar refractivity (Wildman–Crippen MR) is 118 cm³/mol. The van der Waals surface area contributed by atoms with Gasteiger partial charge in [-0.05, 0) is 49.7 Å². The molecule has 4 aromatic rings. The molecule has 0 saturated carbocycles. The number of hydrogen-bond donors (Lipinski definition) is 1. The first-order valence-electron chi connectivity index (χ1n) is 9.99. The molecule has 7 heteroatoms. The SMILES string of the molecule is COc1ccccc1CC(=O)Nc1ccc(-c2nc(Cn3cc(C)cn3)c(C)o2)cc1. The van der Waals surface area contributed by atoms with E-state index in [4.69, 9.17) is 9.15 Å². The van der Waals surface area contributed by atoms with Gasteiger partial charge in [0.15, 0.2) is 0 Å². The largest absolute Gasteiger partial charge is 0.496 e. The van der Waals surface area contributed by atoms with Crippen molar-refractivity contribution in [1.29, 1.82) is 0 Å². The first-order valence-corrected chi connectivity index (χ1v) is 9.99. The van der Waals surface area contributed by atoms with Gasteiger partial charge in [-0.2, -0.15) is 5.10 Å². The van der Waals surface area contributed by atoms with Gasteiger partial charge in [0, 0.05) is 23.0 Å². The third-order valence-corrected chi connectivity index (χ3v) is 4.93. The van der Waals surface area contributed by atoms with Crippen LogP contribution in [-0.4, -0.2) is 27.8 Å². The van der Waals surface area contributed by atoms with Crippen molar-refractivity contribution in [3.63, 3.8) is 0 Å². The summed E-state index contributed by atoms with van der Waals surface area (Å²) in [6, 6.07) is 14.9. The molecular formula is C24H24N4O3. The number of ether oxygens (including phenoxy) is 1. The lowest BCUT2D eigenvalue weighted by Gasteiger charge is -2.09. The smallest absolute Gasteiger partial charge is 0.228 e. The number of aryl methyl sites for hydroxylation is 2. The normalized spacial score (nSPS) is 10.8. The molecule has 31 heavy (non-hydrogen) atoms. The fourth-order valence-electron chi connectivity index (χ4n) is 3.33. The average molecular weight is 416 g/mol. The molecule has 2 heterocycles. The number of amides is 1. The fourth-order valence-corrected chi connectivity index (χ4v) is 3.33. The zero-order valence-corrected chi connectivity index (χ0v) is 17.8. The van der Waals surface area contributed by atoms with Crippen molar-refractivity contribution in [3.8, 4) is 17.2 Å². The maximum Gasteiger partial charge on any atom is 0.228 e. The Morgan fingerprint density at radius 2 is 1.90 bits per heavy atom. The van der Waals surface area contributed by atoms with Crippen LogP contribution in [-0.2, 0) is 17.8 Å². The van der Waals surface area contributed by atoms with Crippen LogP contribution in [0.2, 0.25) is 0 Å². The average Bonchev–Trinajstić information content (AvgIpc) is 3.34. The van der Waals surface area contributed by atoms with Gasteiger partial charge in [0.05, 0.1) is 26.3 Å². The summed E-state index contributed by atoms with van der Waals surface area (Å²) in [5.74, 6) is 1.90. The van der Waals surface area contributed by atoms with Crippen LogP contribution in [0.25, 0.3) is 11.5 Å². The van der Waals surface area contributed by atoms with Crippen molar-refractivity contribution in [1.82, 2.24) is 14.8 Å². The van der Waals surface area contributed by atoms with Crippen LogP contribution in [0.4, 0.5) is 5.69 Å². The first-order chi connectivity index (χ1) is 15.0. The number of methoxy groups -OCH3 is 1. The molecule has 1 N–H and O–H groups in total. The van der Waals surface area contributed by atoms with Crippen LogP contribution in [0.5, 0.6) is 5.75 Å². The summed E-state index contributed by atoms with van der Waals surface area (Å²) in [5, 5.41) is 7.22. The number of benzene rings is 2. The minimum Gasteiger partial charge on any atom is -0.496 e. The molecule has 0 saturated heterocycles. The zero-order chi connectivity index (χ0) is 21.8. The van der Waals surface area contributed by atoms with Crippen LogP contribution in [0, 0.1) is 13.8 Å². The molecule has 0 radical (unpaired) electrons. The summed E-state index contributed by atoms with van der Waals surface area (Å²) in [5.41, 5.74) is 4.33. The first kappa shape index (κ1) is 20.4. The molecule has 2 aromatic carbocycles. The molecule has 0 spiro atoms. The minimum atomic E-state index is -0.110. The van der Waals surface area contributed by atoms with E-state index in [2.05, 4.69) is 15.4 Å². The third kappa shape index (κ3) is 4.83. The van der Waals surface area contributed by atoms with Gasteiger partial charge in [-0.15, -0.1) is 0 Å². The molecule has 0 aliphatic rings. The molecule has 2 aromatic heterocycles. The summed E-state index contributed by atoms with van der Waals surface area (Å²) >= 11 is 0. The van der Waals surface area contributed by atoms with E-state index in [0.29, 0.717) is 23.9 Å². The molecule has 0 aliphatic carbocycles. The molecule has 0 atom stereocenters. The number of carbonyl (C=O) groups is 1. The number of nitrogens with zero attached hydrogens (tertiary/aromatic N) is 3. The second kappa shape index (κ2) is 8.87. The van der Waals surface area contributed by atoms with E-state index >= 15 is 0 Å². The number of aromatic nitrogens is 3. The number of para-hydroxylation sites is 1. The van der Waals surface area contributed by atoms with Gasteiger partial charge in [-0.25, -0.2) is 4.98 Å². The number of carbonyl (C=O) groups excluding carboxylic acids is 1. The molecule has 0 fully saturated rings. The van der Waals surface area contributed by atoms with E-state index in [1.807, 2.05) is 79.5 Å². The fraction of sp³-hybridized carbons (Fsp3) is 0.208. The van der Waals surface area contributed by atoms with E-state index in [1.165, 1.54) is 0 Å². The van der Waals surface area contributed by atoms with E-state index in [0.717, 1.165) is 28.1 Å². The van der Waals surface area contributed by atoms with Gasteiger partial charge < -0.3 is 14.5 Å². The highest BCUT2D eigenvalue weighted by Gasteiger charge is 2.13. The molecule has 1 amide bonds. The summed E-state index contributed by atoms with van der Waals surface area (Å²) in [6.07, 6.45) is 4.02. The lowest BCUT2D eigenvalue weighted by molar-refractivity contribution is -0.115. The van der Waals surface area contributed by atoms with E-state index in [9.17, 15) is 4.79 Å². The van der Waals surface area contributed by atoms with Gasteiger partial charge in [0.2, 0.25) is 11.8 Å². The van der Waals surface area contributed by atoms with Crippen LogP contribution in [0.3, 0.4) is 0 Å². The Kier molecular flexibility index (Phi) is 5.84. The summed E-state index contributed by atoms with van der Waals surface area (Å²) in [7, 11) is 1.60. The van der Waals surface area contributed by atoms with Crippen LogP contribution < -0.4 is 10.1 Å². The van der Waals surface area contributed by atoms with Gasteiger partial charge in [-0.1, -0.05) is 18.2 Å². The Bertz CT molecular complexity index is 1190. The van der Waals surface area contributed by atoms with Crippen molar-refractivity contribution < 1.29 is 13.9 Å². The highest BCUT2D eigenvalue weighted by atomic mass is 16.5. The number of anilines is 1. The molecule has 4 rings (SSSR count). The van der Waals surface area contributed by atoms with E-state index in [1.54, 1.807) is 7.11 Å². The van der Waals surface area contributed by atoms with Gasteiger partial charge in [0.25, 0.3) is 0 Å². The van der Waals surface area contributed by atoms with Crippen LogP contribution >= 0.6 is 0 Å². The Morgan fingerprint density at radius 1 is 1.13 bits per heavy atom. The summed E-state index contributed by atoms with van der Waals surface area (Å²) < 4.78 is 13.0. The number of nitrogens with one attached hydrogen (secondary N) is 1. The van der Waals surface area contributed by atoms with E-state index in [-0.39, 0.29) is 12.3 Å². The molecule has 0 aliphatic heterocycles. The summed E-state index contributed by atoms with van der Waals surface area (Å²) in [4.78, 5) is 17.0. The van der Waals surface area contributed by atoms with Crippen LogP contribution in [0.1, 0.15) is 22.6 Å². The molecule has 158 valence electrons. The Labute approximate surface area is 180 Å².